The van der Waals surface area contributed by atoms with Gasteiger partial charge < -0.3 is 15.8 Å². The number of hydrogen-bond donors (Lipinski definition) is 2. The molecular weight excluding hydrogens is 385 g/mol. The van der Waals surface area contributed by atoms with Crippen molar-refractivity contribution < 1.29 is 13.9 Å². The van der Waals surface area contributed by atoms with Crippen LogP contribution in [0.3, 0.4) is 0 Å². The molecule has 0 bridgehead atoms. The van der Waals surface area contributed by atoms with Crippen LogP contribution in [0.15, 0.2) is 24.4 Å². The van der Waals surface area contributed by atoms with Gasteiger partial charge >= 0.3 is 0 Å². The first kappa shape index (κ1) is 19.0. The number of nitrogens with zero attached hydrogens (tertiary/aromatic N) is 3. The SMILES string of the molecule is Nc1ncc2c(n1)C1(CCN(CC(=O)Nc3ccc(Cl)cc3F)CC1)OCC2. The lowest BCUT2D eigenvalue weighted by molar-refractivity contribution is -0.122. The monoisotopic (exact) mass is 405 g/mol. The van der Waals surface area contributed by atoms with Gasteiger partial charge in [0.15, 0.2) is 0 Å². The molecule has 148 valence electrons. The van der Waals surface area contributed by atoms with Crippen LogP contribution in [0.4, 0.5) is 16.0 Å². The fourth-order valence-electron chi connectivity index (χ4n) is 3.86. The van der Waals surface area contributed by atoms with Crippen LogP contribution in [0.2, 0.25) is 5.02 Å². The molecule has 2 aliphatic heterocycles. The number of ether oxygens (including phenoxy) is 1. The van der Waals surface area contributed by atoms with E-state index in [9.17, 15) is 9.18 Å². The number of benzene rings is 1. The van der Waals surface area contributed by atoms with Crippen molar-refractivity contribution in [2.45, 2.75) is 24.9 Å². The average Bonchev–Trinajstić information content (AvgIpc) is 2.67. The normalized spacial score (nSPS) is 18.6. The average molecular weight is 406 g/mol. The van der Waals surface area contributed by atoms with Gasteiger partial charge in [-0.1, -0.05) is 11.6 Å². The largest absolute Gasteiger partial charge is 0.368 e. The number of fused-ring (bicyclic) bond motifs is 2. The number of carbonyl (C=O) groups is 1. The van der Waals surface area contributed by atoms with Gasteiger partial charge in [-0.05, 0) is 43.0 Å². The van der Waals surface area contributed by atoms with Crippen LogP contribution >= 0.6 is 11.6 Å². The number of rotatable bonds is 3. The van der Waals surface area contributed by atoms with E-state index >= 15 is 0 Å². The summed E-state index contributed by atoms with van der Waals surface area (Å²) in [7, 11) is 0. The number of aromatic nitrogens is 2. The van der Waals surface area contributed by atoms with Crippen molar-refractivity contribution in [3.8, 4) is 0 Å². The van der Waals surface area contributed by atoms with E-state index in [-0.39, 0.29) is 29.1 Å². The van der Waals surface area contributed by atoms with Gasteiger partial charge in [0.1, 0.15) is 11.4 Å². The molecule has 7 nitrogen and oxygen atoms in total. The van der Waals surface area contributed by atoms with E-state index in [0.717, 1.165) is 17.7 Å². The first-order valence-corrected chi connectivity index (χ1v) is 9.56. The molecule has 2 aliphatic rings. The third kappa shape index (κ3) is 3.80. The summed E-state index contributed by atoms with van der Waals surface area (Å²) >= 11 is 5.74. The summed E-state index contributed by atoms with van der Waals surface area (Å²) in [5, 5.41) is 2.88. The number of nitrogens with one attached hydrogen (secondary N) is 1. The van der Waals surface area contributed by atoms with Crippen molar-refractivity contribution in [1.29, 1.82) is 0 Å². The van der Waals surface area contributed by atoms with E-state index in [4.69, 9.17) is 22.1 Å². The number of halogens is 2. The van der Waals surface area contributed by atoms with Crippen LogP contribution in [0.5, 0.6) is 0 Å². The molecule has 0 unspecified atom stereocenters. The topological polar surface area (TPSA) is 93.4 Å². The van der Waals surface area contributed by atoms with E-state index < -0.39 is 11.4 Å². The minimum absolute atomic E-state index is 0.125. The Morgan fingerprint density at radius 3 is 2.93 bits per heavy atom. The Kier molecular flexibility index (Phi) is 5.18. The lowest BCUT2D eigenvalue weighted by Crippen LogP contribution is -2.48. The molecule has 2 aromatic rings. The van der Waals surface area contributed by atoms with Crippen LogP contribution in [-0.2, 0) is 21.6 Å². The fourth-order valence-corrected chi connectivity index (χ4v) is 4.02. The van der Waals surface area contributed by atoms with Crippen molar-refractivity contribution in [3.05, 3.63) is 46.5 Å². The second-order valence-electron chi connectivity index (χ2n) is 7.14. The van der Waals surface area contributed by atoms with E-state index in [0.29, 0.717) is 32.5 Å². The summed E-state index contributed by atoms with van der Waals surface area (Å²) in [5.41, 5.74) is 7.38. The zero-order chi connectivity index (χ0) is 19.7. The van der Waals surface area contributed by atoms with Gasteiger partial charge in [0.25, 0.3) is 0 Å². The Morgan fingerprint density at radius 2 is 2.18 bits per heavy atom. The second kappa shape index (κ2) is 7.62. The highest BCUT2D eigenvalue weighted by atomic mass is 35.5. The maximum absolute atomic E-state index is 13.8. The van der Waals surface area contributed by atoms with Crippen LogP contribution in [-0.4, -0.2) is 47.0 Å². The first-order valence-electron chi connectivity index (χ1n) is 9.18. The summed E-state index contributed by atoms with van der Waals surface area (Å²) < 4.78 is 20.0. The molecule has 9 heteroatoms. The smallest absolute Gasteiger partial charge is 0.238 e. The van der Waals surface area contributed by atoms with Gasteiger partial charge in [-0.25, -0.2) is 14.4 Å². The molecule has 0 saturated carbocycles. The quantitative estimate of drug-likeness (QED) is 0.814. The zero-order valence-electron chi connectivity index (χ0n) is 15.3. The van der Waals surface area contributed by atoms with Crippen molar-refractivity contribution in [2.75, 3.05) is 37.3 Å². The lowest BCUT2D eigenvalue weighted by Gasteiger charge is -2.43. The first-order chi connectivity index (χ1) is 13.4. The summed E-state index contributed by atoms with van der Waals surface area (Å²) in [5.74, 6) is -0.577. The predicted octanol–water partition coefficient (Wildman–Crippen LogP) is 2.35. The predicted molar refractivity (Wildman–Crippen MR) is 103 cm³/mol. The third-order valence-corrected chi connectivity index (χ3v) is 5.54. The summed E-state index contributed by atoms with van der Waals surface area (Å²) in [6, 6.07) is 4.17. The number of likely N-dealkylation sites (tertiary alicyclic amines) is 1. The molecule has 28 heavy (non-hydrogen) atoms. The van der Waals surface area contributed by atoms with E-state index in [1.165, 1.54) is 18.2 Å². The summed E-state index contributed by atoms with van der Waals surface area (Å²) in [4.78, 5) is 22.9. The number of carbonyl (C=O) groups excluding carboxylic acids is 1. The maximum atomic E-state index is 13.8. The number of piperidine rings is 1. The highest BCUT2D eigenvalue weighted by molar-refractivity contribution is 6.30. The van der Waals surface area contributed by atoms with Gasteiger partial charge in [-0.2, -0.15) is 0 Å². The molecule has 0 atom stereocenters. The molecule has 0 aliphatic carbocycles. The van der Waals surface area contributed by atoms with Crippen molar-refractivity contribution >= 4 is 29.1 Å². The number of nitrogens with two attached hydrogens (primary N) is 1. The zero-order valence-corrected chi connectivity index (χ0v) is 16.0. The number of nitrogen functional groups attached to an aromatic ring is 1. The van der Waals surface area contributed by atoms with Crippen molar-refractivity contribution in [1.82, 2.24) is 14.9 Å². The minimum Gasteiger partial charge on any atom is -0.368 e. The Balaban J connectivity index is 1.39. The standard InChI is InChI=1S/C19H21ClFN5O2/c20-13-1-2-15(14(21)9-13)24-16(27)11-26-6-4-19(5-7-26)17-12(3-8-28-19)10-23-18(22)25-17/h1-2,9-10H,3-8,11H2,(H,24,27)(H2,22,23,25). The number of hydrogen-bond acceptors (Lipinski definition) is 6. The highest BCUT2D eigenvalue weighted by Crippen LogP contribution is 2.40. The summed E-state index contributed by atoms with van der Waals surface area (Å²) in [6.07, 6.45) is 3.97. The molecule has 1 spiro atoms. The van der Waals surface area contributed by atoms with Crippen LogP contribution in [0, 0.1) is 5.82 Å². The molecule has 1 saturated heterocycles. The molecule has 3 heterocycles. The number of amides is 1. The van der Waals surface area contributed by atoms with E-state index in [1.807, 2.05) is 4.90 Å². The third-order valence-electron chi connectivity index (χ3n) is 5.30. The van der Waals surface area contributed by atoms with Gasteiger partial charge in [-0.3, -0.25) is 9.69 Å². The fraction of sp³-hybridized carbons (Fsp3) is 0.421. The van der Waals surface area contributed by atoms with Crippen LogP contribution < -0.4 is 11.1 Å². The lowest BCUT2D eigenvalue weighted by atomic mass is 9.83. The molecule has 0 radical (unpaired) electrons. The molecular formula is C19H21ClFN5O2. The van der Waals surface area contributed by atoms with E-state index in [1.54, 1.807) is 6.20 Å². The molecule has 1 fully saturated rings. The van der Waals surface area contributed by atoms with E-state index in [2.05, 4.69) is 15.3 Å². The van der Waals surface area contributed by atoms with Crippen LogP contribution in [0.25, 0.3) is 0 Å². The molecule has 1 amide bonds. The minimum atomic E-state index is -0.553. The molecule has 1 aromatic heterocycles. The summed E-state index contributed by atoms with van der Waals surface area (Å²) in [6.45, 7) is 2.13. The maximum Gasteiger partial charge on any atom is 0.238 e. The van der Waals surface area contributed by atoms with Crippen LogP contribution in [0.1, 0.15) is 24.1 Å². The van der Waals surface area contributed by atoms with Crippen molar-refractivity contribution in [2.24, 2.45) is 0 Å². The van der Waals surface area contributed by atoms with Gasteiger partial charge in [0.2, 0.25) is 11.9 Å². The highest BCUT2D eigenvalue weighted by Gasteiger charge is 2.42. The Bertz CT molecular complexity index is 902. The van der Waals surface area contributed by atoms with Gasteiger partial charge in [0, 0.05) is 24.3 Å². The Labute approximate surface area is 167 Å². The Hall–Kier alpha value is -2.29. The second-order valence-corrected chi connectivity index (χ2v) is 7.58. The van der Waals surface area contributed by atoms with Crippen molar-refractivity contribution in [3.63, 3.8) is 0 Å². The molecule has 4 rings (SSSR count). The van der Waals surface area contributed by atoms with Gasteiger partial charge in [-0.15, -0.1) is 0 Å². The molecule has 3 N–H and O–H groups in total. The number of anilines is 2. The van der Waals surface area contributed by atoms with Gasteiger partial charge in [0.05, 0.1) is 24.5 Å². The molecule has 1 aromatic carbocycles. The Morgan fingerprint density at radius 1 is 1.39 bits per heavy atom.